The Morgan fingerprint density at radius 3 is 2.76 bits per heavy atom. The summed E-state index contributed by atoms with van der Waals surface area (Å²) >= 11 is 0. The third kappa shape index (κ3) is 3.45. The van der Waals surface area contributed by atoms with E-state index in [1.807, 2.05) is 0 Å². The number of rotatable bonds is 3. The molecule has 21 heavy (non-hydrogen) atoms. The molecule has 1 aromatic rings. The maximum atomic E-state index is 12.4. The molecular weight excluding hydrogens is 274 g/mol. The van der Waals surface area contributed by atoms with Crippen molar-refractivity contribution in [1.29, 1.82) is 0 Å². The highest BCUT2D eigenvalue weighted by molar-refractivity contribution is 5.95. The summed E-state index contributed by atoms with van der Waals surface area (Å²) < 4.78 is 5.00. The molecule has 1 heterocycles. The quantitative estimate of drug-likeness (QED) is 0.651. The zero-order valence-corrected chi connectivity index (χ0v) is 11.9. The van der Waals surface area contributed by atoms with Crippen molar-refractivity contribution in [2.75, 3.05) is 19.7 Å². The first-order valence-electron chi connectivity index (χ1n) is 7.00. The number of carbonyl (C=O) groups excluding carboxylic acids is 2. The fraction of sp³-hybridized carbons (Fsp3) is 0.467. The van der Waals surface area contributed by atoms with Gasteiger partial charge in [-0.1, -0.05) is 0 Å². The number of hydrogen-bond donors (Lipinski definition) is 2. The molecule has 6 heteroatoms. The average Bonchev–Trinajstić information content (AvgIpc) is 2.49. The lowest BCUT2D eigenvalue weighted by Gasteiger charge is -2.31. The van der Waals surface area contributed by atoms with Crippen LogP contribution in [-0.4, -0.2) is 46.7 Å². The van der Waals surface area contributed by atoms with Crippen LogP contribution in [0.1, 0.15) is 30.1 Å². The molecule has 2 N–H and O–H groups in total. The van der Waals surface area contributed by atoms with Crippen molar-refractivity contribution in [1.82, 2.24) is 4.90 Å². The minimum absolute atomic E-state index is 0.265. The number of amides is 1. The molecule has 1 aliphatic rings. The molecule has 0 aromatic heterocycles. The Morgan fingerprint density at radius 1 is 1.33 bits per heavy atom. The Balaban J connectivity index is 2.08. The van der Waals surface area contributed by atoms with Crippen molar-refractivity contribution >= 4 is 11.9 Å². The Kier molecular flexibility index (Phi) is 4.67. The van der Waals surface area contributed by atoms with Gasteiger partial charge in [0.1, 0.15) is 0 Å². The number of benzene rings is 1. The minimum atomic E-state index is -0.334. The summed E-state index contributed by atoms with van der Waals surface area (Å²) in [5.41, 5.74) is 0.287. The van der Waals surface area contributed by atoms with Crippen molar-refractivity contribution in [3.05, 3.63) is 23.8 Å². The van der Waals surface area contributed by atoms with Crippen LogP contribution < -0.4 is 0 Å². The number of ether oxygens (including phenoxy) is 1. The zero-order valence-electron chi connectivity index (χ0n) is 11.9. The van der Waals surface area contributed by atoms with Gasteiger partial charge in [0.15, 0.2) is 11.5 Å². The first-order valence-corrected chi connectivity index (χ1v) is 7.00. The van der Waals surface area contributed by atoms with Crippen LogP contribution in [0.5, 0.6) is 11.5 Å². The normalized spacial score (nSPS) is 18.3. The second-order valence-electron chi connectivity index (χ2n) is 5.05. The molecule has 6 nitrogen and oxygen atoms in total. The summed E-state index contributed by atoms with van der Waals surface area (Å²) in [7, 11) is 0. The predicted molar refractivity (Wildman–Crippen MR) is 75.0 cm³/mol. The van der Waals surface area contributed by atoms with E-state index in [-0.39, 0.29) is 34.9 Å². The van der Waals surface area contributed by atoms with Gasteiger partial charge in [-0.15, -0.1) is 0 Å². The largest absolute Gasteiger partial charge is 0.504 e. The van der Waals surface area contributed by atoms with E-state index in [9.17, 15) is 19.8 Å². The topological polar surface area (TPSA) is 87.1 Å². The Bertz CT molecular complexity index is 543. The van der Waals surface area contributed by atoms with Gasteiger partial charge >= 0.3 is 5.97 Å². The molecule has 0 saturated carbocycles. The molecule has 0 radical (unpaired) electrons. The molecule has 0 bridgehead atoms. The first kappa shape index (κ1) is 15.2. The van der Waals surface area contributed by atoms with Crippen LogP contribution in [0.2, 0.25) is 0 Å². The van der Waals surface area contributed by atoms with Gasteiger partial charge in [0.05, 0.1) is 12.5 Å². The molecule has 0 aliphatic carbocycles. The van der Waals surface area contributed by atoms with Crippen LogP contribution in [-0.2, 0) is 9.53 Å². The summed E-state index contributed by atoms with van der Waals surface area (Å²) in [4.78, 5) is 25.7. The number of phenolic OH excluding ortho intramolecular Hbond substituents is 2. The van der Waals surface area contributed by atoms with E-state index in [1.54, 1.807) is 11.8 Å². The summed E-state index contributed by atoms with van der Waals surface area (Å²) in [5, 5.41) is 18.7. The number of aromatic hydroxyl groups is 2. The second-order valence-corrected chi connectivity index (χ2v) is 5.05. The van der Waals surface area contributed by atoms with Crippen molar-refractivity contribution in [2.45, 2.75) is 19.8 Å². The highest BCUT2D eigenvalue weighted by atomic mass is 16.5. The number of esters is 1. The van der Waals surface area contributed by atoms with Crippen LogP contribution in [0.25, 0.3) is 0 Å². The van der Waals surface area contributed by atoms with Gasteiger partial charge in [0.2, 0.25) is 0 Å². The third-order valence-corrected chi connectivity index (χ3v) is 3.55. The van der Waals surface area contributed by atoms with E-state index in [0.717, 1.165) is 6.42 Å². The van der Waals surface area contributed by atoms with E-state index < -0.39 is 0 Å². The minimum Gasteiger partial charge on any atom is -0.504 e. The fourth-order valence-electron chi connectivity index (χ4n) is 2.45. The van der Waals surface area contributed by atoms with Crippen LogP contribution in [0.4, 0.5) is 0 Å². The average molecular weight is 293 g/mol. The highest BCUT2D eigenvalue weighted by Gasteiger charge is 2.29. The van der Waals surface area contributed by atoms with Gasteiger partial charge in [-0.05, 0) is 38.0 Å². The van der Waals surface area contributed by atoms with E-state index in [0.29, 0.717) is 26.1 Å². The van der Waals surface area contributed by atoms with E-state index >= 15 is 0 Å². The highest BCUT2D eigenvalue weighted by Crippen LogP contribution is 2.26. The van der Waals surface area contributed by atoms with E-state index in [1.165, 1.54) is 18.2 Å². The zero-order chi connectivity index (χ0) is 15.4. The molecule has 1 saturated heterocycles. The van der Waals surface area contributed by atoms with Crippen LogP contribution in [0.3, 0.4) is 0 Å². The van der Waals surface area contributed by atoms with Crippen LogP contribution in [0, 0.1) is 5.92 Å². The van der Waals surface area contributed by atoms with Crippen LogP contribution in [0.15, 0.2) is 18.2 Å². The number of piperidine rings is 1. The van der Waals surface area contributed by atoms with Crippen LogP contribution >= 0.6 is 0 Å². The number of likely N-dealkylation sites (tertiary alicyclic amines) is 1. The van der Waals surface area contributed by atoms with Crippen molar-refractivity contribution in [2.24, 2.45) is 5.92 Å². The fourth-order valence-corrected chi connectivity index (χ4v) is 2.45. The standard InChI is InChI=1S/C15H19NO5/c1-2-21-15(20)11-4-3-7-16(9-11)14(19)10-5-6-12(17)13(18)8-10/h5-6,8,11,17-18H,2-4,7,9H2,1H3/t11-/m0/s1. The lowest BCUT2D eigenvalue weighted by Crippen LogP contribution is -2.42. The van der Waals surface area contributed by atoms with Gasteiger partial charge in [-0.2, -0.15) is 0 Å². The molecule has 1 amide bonds. The summed E-state index contributed by atoms with van der Waals surface area (Å²) in [6.45, 7) is 2.97. The molecule has 1 atom stereocenters. The molecule has 1 fully saturated rings. The Hall–Kier alpha value is -2.24. The van der Waals surface area contributed by atoms with E-state index in [2.05, 4.69) is 0 Å². The second kappa shape index (κ2) is 6.47. The number of carbonyl (C=O) groups is 2. The summed E-state index contributed by atoms with van der Waals surface area (Å²) in [6, 6.07) is 3.95. The monoisotopic (exact) mass is 293 g/mol. The molecule has 114 valence electrons. The summed E-state index contributed by atoms with van der Waals surface area (Å²) in [6.07, 6.45) is 1.45. The number of hydrogen-bond acceptors (Lipinski definition) is 5. The molecule has 0 unspecified atom stereocenters. The van der Waals surface area contributed by atoms with E-state index in [4.69, 9.17) is 4.74 Å². The maximum absolute atomic E-state index is 12.4. The van der Waals surface area contributed by atoms with Gasteiger partial charge in [0.25, 0.3) is 5.91 Å². The Morgan fingerprint density at radius 2 is 2.10 bits per heavy atom. The van der Waals surface area contributed by atoms with Crippen molar-refractivity contribution in [3.8, 4) is 11.5 Å². The van der Waals surface area contributed by atoms with Crippen molar-refractivity contribution in [3.63, 3.8) is 0 Å². The van der Waals surface area contributed by atoms with Gasteiger partial charge in [-0.25, -0.2) is 0 Å². The Labute approximate surface area is 122 Å². The molecule has 2 rings (SSSR count). The van der Waals surface area contributed by atoms with Gasteiger partial charge in [0, 0.05) is 18.7 Å². The molecular formula is C15H19NO5. The lowest BCUT2D eigenvalue weighted by atomic mass is 9.97. The third-order valence-electron chi connectivity index (χ3n) is 3.55. The number of phenols is 2. The predicted octanol–water partition coefficient (Wildman–Crippen LogP) is 1.51. The maximum Gasteiger partial charge on any atom is 0.310 e. The summed E-state index contributed by atoms with van der Waals surface area (Å²) in [5.74, 6) is -1.44. The first-order chi connectivity index (χ1) is 10.0. The van der Waals surface area contributed by atoms with Crippen molar-refractivity contribution < 1.29 is 24.5 Å². The molecule has 1 aliphatic heterocycles. The van der Waals surface area contributed by atoms with Gasteiger partial charge < -0.3 is 19.8 Å². The lowest BCUT2D eigenvalue weighted by molar-refractivity contribution is -0.149. The molecule has 1 aromatic carbocycles. The smallest absolute Gasteiger partial charge is 0.310 e. The SMILES string of the molecule is CCOC(=O)[C@H]1CCCN(C(=O)c2ccc(O)c(O)c2)C1. The van der Waals surface area contributed by atoms with Gasteiger partial charge in [-0.3, -0.25) is 9.59 Å². The number of nitrogens with zero attached hydrogens (tertiary/aromatic N) is 1. The molecule has 0 spiro atoms.